The van der Waals surface area contributed by atoms with E-state index in [1.807, 2.05) is 25.1 Å². The molecule has 0 aliphatic carbocycles. The lowest BCUT2D eigenvalue weighted by atomic mass is 10.2. The zero-order valence-electron chi connectivity index (χ0n) is 6.78. The summed E-state index contributed by atoms with van der Waals surface area (Å²) in [6.07, 6.45) is 1.61. The molecular weight excluding hydrogens is 154 g/mol. The molecule has 1 aromatic carbocycles. The Bertz CT molecular complexity index is 381. The molecule has 0 aliphatic rings. The predicted molar refractivity (Wildman–Crippen MR) is 45.2 cm³/mol. The van der Waals surface area contributed by atoms with Crippen molar-refractivity contribution in [2.75, 3.05) is 6.61 Å². The fourth-order valence-electron chi connectivity index (χ4n) is 1.14. The molecule has 62 valence electrons. The predicted octanol–water partition coefficient (Wildman–Crippen LogP) is 2.23. The van der Waals surface area contributed by atoms with E-state index in [0.717, 1.165) is 16.7 Å². The van der Waals surface area contributed by atoms with Gasteiger partial charge in [-0.15, -0.1) is 0 Å². The molecule has 0 saturated carbocycles. The number of benzene rings is 1. The second kappa shape index (κ2) is 2.85. The highest BCUT2D eigenvalue weighted by atomic mass is 16.5. The van der Waals surface area contributed by atoms with Gasteiger partial charge in [0.05, 0.1) is 6.61 Å². The van der Waals surface area contributed by atoms with Crippen LogP contribution < -0.4 is 4.74 Å². The van der Waals surface area contributed by atoms with Gasteiger partial charge in [-0.3, -0.25) is 0 Å². The normalized spacial score (nSPS) is 10.4. The fourth-order valence-corrected chi connectivity index (χ4v) is 1.14. The van der Waals surface area contributed by atoms with Gasteiger partial charge in [-0.25, -0.2) is 0 Å². The highest BCUT2D eigenvalue weighted by Crippen LogP contribution is 2.23. The van der Waals surface area contributed by atoms with Gasteiger partial charge in [0.15, 0.2) is 5.52 Å². The monoisotopic (exact) mass is 163 g/mol. The van der Waals surface area contributed by atoms with Gasteiger partial charge >= 0.3 is 0 Å². The first kappa shape index (κ1) is 7.16. The van der Waals surface area contributed by atoms with Gasteiger partial charge in [-0.2, -0.15) is 0 Å². The molecule has 1 aromatic heterocycles. The fraction of sp³-hybridized carbons (Fsp3) is 0.222. The Morgan fingerprint density at radius 1 is 1.50 bits per heavy atom. The van der Waals surface area contributed by atoms with E-state index in [4.69, 9.17) is 9.26 Å². The first-order chi connectivity index (χ1) is 5.92. The molecule has 0 amide bonds. The van der Waals surface area contributed by atoms with Crippen LogP contribution in [-0.4, -0.2) is 11.8 Å². The average molecular weight is 163 g/mol. The lowest BCUT2D eigenvalue weighted by Crippen LogP contribution is -1.91. The van der Waals surface area contributed by atoms with Gasteiger partial charge in [0.1, 0.15) is 12.0 Å². The summed E-state index contributed by atoms with van der Waals surface area (Å²) in [7, 11) is 0. The van der Waals surface area contributed by atoms with Gasteiger partial charge in [0.2, 0.25) is 0 Å². The summed E-state index contributed by atoms with van der Waals surface area (Å²) in [5.41, 5.74) is 0.791. The Labute approximate surface area is 69.9 Å². The first-order valence-corrected chi connectivity index (χ1v) is 3.87. The summed E-state index contributed by atoms with van der Waals surface area (Å²) in [5.74, 6) is 0.781. The van der Waals surface area contributed by atoms with Crippen molar-refractivity contribution in [2.24, 2.45) is 0 Å². The summed E-state index contributed by atoms with van der Waals surface area (Å²) in [5, 5.41) is 4.81. The number of nitrogens with zero attached hydrogens (tertiary/aromatic N) is 1. The van der Waals surface area contributed by atoms with E-state index in [-0.39, 0.29) is 0 Å². The van der Waals surface area contributed by atoms with E-state index in [1.165, 1.54) is 0 Å². The van der Waals surface area contributed by atoms with Crippen molar-refractivity contribution in [1.29, 1.82) is 0 Å². The first-order valence-electron chi connectivity index (χ1n) is 3.87. The van der Waals surface area contributed by atoms with Gasteiger partial charge in [-0.05, 0) is 19.1 Å². The zero-order valence-corrected chi connectivity index (χ0v) is 6.78. The number of hydrogen-bond acceptors (Lipinski definition) is 3. The summed E-state index contributed by atoms with van der Waals surface area (Å²) < 4.78 is 10.2. The van der Waals surface area contributed by atoms with E-state index in [0.29, 0.717) is 6.61 Å². The molecule has 0 spiro atoms. The highest BCUT2D eigenvalue weighted by molar-refractivity contribution is 5.83. The largest absolute Gasteiger partial charge is 0.491 e. The molecule has 3 nitrogen and oxygen atoms in total. The standard InChI is InChI=1S/C9H9NO2/c1-2-11-8-5-3-4-7-6-12-10-9(7)8/h3-6H,2H2,1H3. The molecular formula is C9H9NO2. The molecule has 0 unspecified atom stereocenters. The van der Waals surface area contributed by atoms with Crippen molar-refractivity contribution >= 4 is 10.9 Å². The Kier molecular flexibility index (Phi) is 1.70. The van der Waals surface area contributed by atoms with Gasteiger partial charge in [-0.1, -0.05) is 11.2 Å². The van der Waals surface area contributed by atoms with Crippen LogP contribution in [0.4, 0.5) is 0 Å². The van der Waals surface area contributed by atoms with Crippen LogP contribution in [0.15, 0.2) is 29.0 Å². The molecule has 0 N–H and O–H groups in total. The van der Waals surface area contributed by atoms with Crippen molar-refractivity contribution in [3.05, 3.63) is 24.5 Å². The van der Waals surface area contributed by atoms with E-state index in [2.05, 4.69) is 5.16 Å². The van der Waals surface area contributed by atoms with Crippen LogP contribution >= 0.6 is 0 Å². The van der Waals surface area contributed by atoms with E-state index >= 15 is 0 Å². The quantitative estimate of drug-likeness (QED) is 0.680. The molecule has 12 heavy (non-hydrogen) atoms. The summed E-state index contributed by atoms with van der Waals surface area (Å²) in [4.78, 5) is 0. The minimum Gasteiger partial charge on any atom is -0.491 e. The molecule has 0 atom stereocenters. The molecule has 0 fully saturated rings. The molecule has 0 bridgehead atoms. The summed E-state index contributed by atoms with van der Waals surface area (Å²) >= 11 is 0. The number of aromatic nitrogens is 1. The maximum Gasteiger partial charge on any atom is 0.155 e. The lowest BCUT2D eigenvalue weighted by molar-refractivity contribution is 0.341. The minimum atomic E-state index is 0.645. The van der Waals surface area contributed by atoms with Gasteiger partial charge in [0, 0.05) is 5.39 Å². The topological polar surface area (TPSA) is 35.3 Å². The second-order valence-electron chi connectivity index (χ2n) is 2.44. The third-order valence-electron chi connectivity index (χ3n) is 1.65. The molecule has 0 saturated heterocycles. The maximum absolute atomic E-state index is 5.35. The number of fused-ring (bicyclic) bond motifs is 1. The van der Waals surface area contributed by atoms with Crippen molar-refractivity contribution < 1.29 is 9.26 Å². The third kappa shape index (κ3) is 1.03. The Balaban J connectivity index is 2.57. The van der Waals surface area contributed by atoms with Crippen molar-refractivity contribution in [2.45, 2.75) is 6.92 Å². The van der Waals surface area contributed by atoms with Crippen molar-refractivity contribution in [1.82, 2.24) is 5.16 Å². The second-order valence-corrected chi connectivity index (χ2v) is 2.44. The summed E-state index contributed by atoms with van der Waals surface area (Å²) in [6, 6.07) is 5.74. The smallest absolute Gasteiger partial charge is 0.155 e. The average Bonchev–Trinajstić information content (AvgIpc) is 2.53. The number of hydrogen-bond donors (Lipinski definition) is 0. The van der Waals surface area contributed by atoms with Crippen LogP contribution in [0.5, 0.6) is 5.75 Å². The Hall–Kier alpha value is -1.51. The number of ether oxygens (including phenoxy) is 1. The third-order valence-corrected chi connectivity index (χ3v) is 1.65. The van der Waals surface area contributed by atoms with Crippen LogP contribution in [0, 0.1) is 0 Å². The van der Waals surface area contributed by atoms with Crippen LogP contribution in [-0.2, 0) is 0 Å². The van der Waals surface area contributed by atoms with Gasteiger partial charge in [0.25, 0.3) is 0 Å². The summed E-state index contributed by atoms with van der Waals surface area (Å²) in [6.45, 7) is 2.59. The maximum atomic E-state index is 5.35. The van der Waals surface area contributed by atoms with E-state index in [9.17, 15) is 0 Å². The SMILES string of the molecule is CCOc1cccc2conc12. The molecule has 0 aliphatic heterocycles. The lowest BCUT2D eigenvalue weighted by Gasteiger charge is -2.00. The highest BCUT2D eigenvalue weighted by Gasteiger charge is 2.03. The van der Waals surface area contributed by atoms with Crippen molar-refractivity contribution in [3.8, 4) is 5.75 Å². The molecule has 1 heterocycles. The van der Waals surface area contributed by atoms with Crippen molar-refractivity contribution in [3.63, 3.8) is 0 Å². The molecule has 0 radical (unpaired) electrons. The minimum absolute atomic E-state index is 0.645. The Morgan fingerprint density at radius 2 is 2.42 bits per heavy atom. The van der Waals surface area contributed by atoms with E-state index < -0.39 is 0 Å². The van der Waals surface area contributed by atoms with Crippen LogP contribution in [0.2, 0.25) is 0 Å². The van der Waals surface area contributed by atoms with Crippen LogP contribution in [0.25, 0.3) is 10.9 Å². The molecule has 3 heteroatoms. The van der Waals surface area contributed by atoms with Gasteiger partial charge < -0.3 is 9.26 Å². The van der Waals surface area contributed by atoms with Crippen LogP contribution in [0.3, 0.4) is 0 Å². The molecule has 2 rings (SSSR count). The van der Waals surface area contributed by atoms with E-state index in [1.54, 1.807) is 6.26 Å². The molecule has 2 aromatic rings. The van der Waals surface area contributed by atoms with Crippen LogP contribution in [0.1, 0.15) is 6.92 Å². The Morgan fingerprint density at radius 3 is 3.25 bits per heavy atom. The number of rotatable bonds is 2. The zero-order chi connectivity index (χ0) is 8.39.